The van der Waals surface area contributed by atoms with Crippen LogP contribution in [0.25, 0.3) is 0 Å². The molecule has 5 heteroatoms. The van der Waals surface area contributed by atoms with E-state index in [1.54, 1.807) is 0 Å². The first-order chi connectivity index (χ1) is 11.7. The molecule has 1 aromatic carbocycles. The third kappa shape index (κ3) is 3.97. The SMILES string of the molecule is Cc1ccc(C(=O)/N=c2\cc(C(C)(C)C)n(C)n2CC2CC2)c(Br)c1. The minimum atomic E-state index is -0.206. The number of carbonyl (C=O) groups excluding carboxylic acids is 1. The van der Waals surface area contributed by atoms with Crippen molar-refractivity contribution in [2.75, 3.05) is 0 Å². The van der Waals surface area contributed by atoms with Gasteiger partial charge in [-0.25, -0.2) is 0 Å². The number of hydrogen-bond acceptors (Lipinski definition) is 1. The molecule has 0 unspecified atom stereocenters. The summed E-state index contributed by atoms with van der Waals surface area (Å²) in [4.78, 5) is 17.2. The normalized spacial score (nSPS) is 15.7. The minimum absolute atomic E-state index is 0.00130. The summed E-state index contributed by atoms with van der Waals surface area (Å²) in [5.41, 5.74) is 3.65. The van der Waals surface area contributed by atoms with E-state index in [2.05, 4.69) is 64.2 Å². The van der Waals surface area contributed by atoms with E-state index in [4.69, 9.17) is 0 Å². The maximum Gasteiger partial charge on any atom is 0.280 e. The Bertz CT molecular complexity index is 879. The smallest absolute Gasteiger partial charge is 0.280 e. The van der Waals surface area contributed by atoms with E-state index in [1.165, 1.54) is 18.5 Å². The highest BCUT2D eigenvalue weighted by Gasteiger charge is 2.26. The zero-order valence-corrected chi connectivity index (χ0v) is 17.2. The van der Waals surface area contributed by atoms with Crippen LogP contribution in [0, 0.1) is 12.8 Å². The zero-order valence-electron chi connectivity index (χ0n) is 15.6. The number of hydrogen-bond donors (Lipinski definition) is 0. The molecule has 134 valence electrons. The van der Waals surface area contributed by atoms with Gasteiger partial charge in [0.2, 0.25) is 0 Å². The molecular formula is C20H26BrN3O. The van der Waals surface area contributed by atoms with Crippen LogP contribution in [0.1, 0.15) is 55.2 Å². The van der Waals surface area contributed by atoms with Gasteiger partial charge in [0.1, 0.15) is 0 Å². The molecule has 1 heterocycles. The molecule has 1 aromatic heterocycles. The lowest BCUT2D eigenvalue weighted by Crippen LogP contribution is -2.26. The quantitative estimate of drug-likeness (QED) is 0.750. The van der Waals surface area contributed by atoms with Gasteiger partial charge in [0.15, 0.2) is 5.49 Å². The van der Waals surface area contributed by atoms with Crippen molar-refractivity contribution in [2.45, 2.75) is 52.5 Å². The molecule has 1 fully saturated rings. The van der Waals surface area contributed by atoms with Gasteiger partial charge in [0, 0.05) is 35.2 Å². The fraction of sp³-hybridized carbons (Fsp3) is 0.500. The molecule has 1 amide bonds. The average Bonchev–Trinajstić information content (AvgIpc) is 3.25. The minimum Gasteiger partial charge on any atom is -0.291 e. The Morgan fingerprint density at radius 3 is 2.52 bits per heavy atom. The van der Waals surface area contributed by atoms with Crippen molar-refractivity contribution in [1.29, 1.82) is 0 Å². The molecule has 0 radical (unpaired) electrons. The van der Waals surface area contributed by atoms with Gasteiger partial charge in [-0.2, -0.15) is 4.99 Å². The molecule has 2 aromatic rings. The maximum atomic E-state index is 12.8. The van der Waals surface area contributed by atoms with Crippen LogP contribution in [0.4, 0.5) is 0 Å². The first-order valence-electron chi connectivity index (χ1n) is 8.79. The lowest BCUT2D eigenvalue weighted by Gasteiger charge is -2.20. The predicted molar refractivity (Wildman–Crippen MR) is 104 cm³/mol. The van der Waals surface area contributed by atoms with Gasteiger partial charge in [0.25, 0.3) is 5.91 Å². The Morgan fingerprint density at radius 1 is 1.28 bits per heavy atom. The number of carbonyl (C=O) groups is 1. The van der Waals surface area contributed by atoms with Crippen LogP contribution in [-0.2, 0) is 19.0 Å². The van der Waals surface area contributed by atoms with Crippen molar-refractivity contribution < 1.29 is 4.79 Å². The summed E-state index contributed by atoms with van der Waals surface area (Å²) in [5.74, 6) is 0.504. The Morgan fingerprint density at radius 2 is 1.96 bits per heavy atom. The van der Waals surface area contributed by atoms with Gasteiger partial charge in [-0.1, -0.05) is 26.8 Å². The zero-order chi connectivity index (χ0) is 18.4. The summed E-state index contributed by atoms with van der Waals surface area (Å²) in [6, 6.07) is 7.79. The highest BCUT2D eigenvalue weighted by atomic mass is 79.9. The molecule has 3 rings (SSSR count). The van der Waals surface area contributed by atoms with Gasteiger partial charge in [0.05, 0.1) is 5.56 Å². The summed E-state index contributed by atoms with van der Waals surface area (Å²) >= 11 is 3.49. The number of aromatic nitrogens is 2. The van der Waals surface area contributed by atoms with Crippen LogP contribution >= 0.6 is 15.9 Å². The van der Waals surface area contributed by atoms with Gasteiger partial charge in [-0.15, -0.1) is 0 Å². The van der Waals surface area contributed by atoms with Crippen LogP contribution in [0.5, 0.6) is 0 Å². The summed E-state index contributed by atoms with van der Waals surface area (Å²) in [6.45, 7) is 9.49. The van der Waals surface area contributed by atoms with Crippen LogP contribution in [0.2, 0.25) is 0 Å². The molecule has 0 spiro atoms. The Labute approximate surface area is 157 Å². The average molecular weight is 404 g/mol. The second-order valence-corrected chi connectivity index (χ2v) is 8.94. The van der Waals surface area contributed by atoms with Crippen molar-refractivity contribution in [3.63, 3.8) is 0 Å². The van der Waals surface area contributed by atoms with Crippen LogP contribution in [0.15, 0.2) is 33.7 Å². The van der Waals surface area contributed by atoms with Gasteiger partial charge in [-0.3, -0.25) is 14.2 Å². The van der Waals surface area contributed by atoms with Crippen molar-refractivity contribution in [3.05, 3.63) is 51.0 Å². The maximum absolute atomic E-state index is 12.8. The molecule has 1 saturated carbocycles. The van der Waals surface area contributed by atoms with Crippen molar-refractivity contribution in [1.82, 2.24) is 9.36 Å². The first kappa shape index (κ1) is 18.2. The number of nitrogens with zero attached hydrogens (tertiary/aromatic N) is 3. The van der Waals surface area contributed by atoms with Gasteiger partial charge in [-0.05, 0) is 59.3 Å². The predicted octanol–water partition coefficient (Wildman–Crippen LogP) is 4.35. The molecule has 4 nitrogen and oxygen atoms in total. The van der Waals surface area contributed by atoms with Crippen molar-refractivity contribution >= 4 is 21.8 Å². The Hall–Kier alpha value is -1.62. The molecule has 0 atom stereocenters. The monoisotopic (exact) mass is 403 g/mol. The van der Waals surface area contributed by atoms with Crippen LogP contribution in [0.3, 0.4) is 0 Å². The number of halogens is 1. The third-order valence-electron chi connectivity index (χ3n) is 4.71. The highest BCUT2D eigenvalue weighted by molar-refractivity contribution is 9.10. The van der Waals surface area contributed by atoms with E-state index >= 15 is 0 Å². The fourth-order valence-corrected chi connectivity index (χ4v) is 3.75. The van der Waals surface area contributed by atoms with E-state index < -0.39 is 0 Å². The van der Waals surface area contributed by atoms with Crippen LogP contribution < -0.4 is 5.49 Å². The topological polar surface area (TPSA) is 39.3 Å². The largest absolute Gasteiger partial charge is 0.291 e. The summed E-state index contributed by atoms with van der Waals surface area (Å²) < 4.78 is 5.11. The van der Waals surface area contributed by atoms with Crippen molar-refractivity contribution in [3.8, 4) is 0 Å². The highest BCUT2D eigenvalue weighted by Crippen LogP contribution is 2.31. The number of rotatable bonds is 3. The third-order valence-corrected chi connectivity index (χ3v) is 5.36. The van der Waals surface area contributed by atoms with E-state index in [0.717, 1.165) is 22.1 Å². The number of aryl methyl sites for hydroxylation is 1. The number of benzene rings is 1. The standard InChI is InChI=1S/C20H26BrN3O/c1-13-6-9-15(16(21)10-13)19(25)22-18-11-17(20(2,3)4)23(5)24(18)12-14-7-8-14/h6,9-11,14H,7-8,12H2,1-5H3/b22-18+. The first-order valence-corrected chi connectivity index (χ1v) is 9.58. The van der Waals surface area contributed by atoms with E-state index in [-0.39, 0.29) is 11.3 Å². The van der Waals surface area contributed by atoms with E-state index in [1.807, 2.05) is 25.1 Å². The molecule has 0 N–H and O–H groups in total. The molecule has 1 aliphatic carbocycles. The lowest BCUT2D eigenvalue weighted by atomic mass is 9.92. The molecular weight excluding hydrogens is 378 g/mol. The summed E-state index contributed by atoms with van der Waals surface area (Å²) in [7, 11) is 2.06. The van der Waals surface area contributed by atoms with E-state index in [9.17, 15) is 4.79 Å². The summed E-state index contributed by atoms with van der Waals surface area (Å²) in [6.07, 6.45) is 2.53. The van der Waals surface area contributed by atoms with Crippen molar-refractivity contribution in [2.24, 2.45) is 18.0 Å². The Balaban J connectivity index is 2.07. The van der Waals surface area contributed by atoms with Crippen LogP contribution in [-0.4, -0.2) is 15.3 Å². The molecule has 1 aliphatic rings. The Kier molecular flexibility index (Phi) is 4.80. The van der Waals surface area contributed by atoms with Gasteiger partial charge < -0.3 is 0 Å². The molecule has 25 heavy (non-hydrogen) atoms. The lowest BCUT2D eigenvalue weighted by molar-refractivity contribution is 0.0996. The molecule has 0 aliphatic heterocycles. The molecule has 0 saturated heterocycles. The van der Waals surface area contributed by atoms with E-state index in [0.29, 0.717) is 11.5 Å². The molecule has 0 bridgehead atoms. The second kappa shape index (κ2) is 6.60. The van der Waals surface area contributed by atoms with Gasteiger partial charge >= 0.3 is 0 Å². The fourth-order valence-electron chi connectivity index (χ4n) is 3.08. The second-order valence-electron chi connectivity index (χ2n) is 8.09. The number of amides is 1. The summed E-state index contributed by atoms with van der Waals surface area (Å²) in [5, 5.41) is 0.